The van der Waals surface area contributed by atoms with Gasteiger partial charge in [0.05, 0.1) is 0 Å². The van der Waals surface area contributed by atoms with Crippen LogP contribution in [0.2, 0.25) is 0 Å². The lowest BCUT2D eigenvalue weighted by atomic mass is 9.99. The maximum absolute atomic E-state index is 6.42. The minimum atomic E-state index is 0.561. The Bertz CT molecular complexity index is 3150. The third kappa shape index (κ3) is 4.40. The van der Waals surface area contributed by atoms with Crippen molar-refractivity contribution in [3.05, 3.63) is 152 Å². The zero-order chi connectivity index (χ0) is 33.5. The number of rotatable bonds is 4. The quantitative estimate of drug-likeness (QED) is 0.188. The molecule has 0 aliphatic carbocycles. The van der Waals surface area contributed by atoms with Crippen LogP contribution in [0.3, 0.4) is 0 Å². The summed E-state index contributed by atoms with van der Waals surface area (Å²) in [5.41, 5.74) is 9.66. The van der Waals surface area contributed by atoms with Crippen molar-refractivity contribution >= 4 is 65.8 Å². The molecule has 6 heteroatoms. The molecule has 0 aliphatic heterocycles. The van der Waals surface area contributed by atoms with Gasteiger partial charge in [-0.05, 0) is 65.7 Å². The van der Waals surface area contributed by atoms with Crippen molar-refractivity contribution in [3.8, 4) is 45.3 Å². The van der Waals surface area contributed by atoms with E-state index in [0.717, 1.165) is 93.6 Å². The molecule has 51 heavy (non-hydrogen) atoms. The number of hydrogen-bond acceptors (Lipinski definition) is 6. The minimum absolute atomic E-state index is 0.561. The SMILES string of the molecule is c1ccc(-c2nc(-c3ccc4c(c3)oc3ccccc34)nc(-c3cccc4oc5ccc(-c6ccc7c(c6)oc6ccccc67)cc5c34)n2)cc1. The number of benzene rings is 7. The zero-order valence-electron chi connectivity index (χ0n) is 27.0. The number of hydrogen-bond donors (Lipinski definition) is 0. The normalized spacial score (nSPS) is 11.9. The summed E-state index contributed by atoms with van der Waals surface area (Å²) in [5, 5.41) is 6.28. The fourth-order valence-corrected chi connectivity index (χ4v) is 7.30. The van der Waals surface area contributed by atoms with Crippen LogP contribution >= 0.6 is 0 Å². The van der Waals surface area contributed by atoms with E-state index < -0.39 is 0 Å². The van der Waals surface area contributed by atoms with Crippen LogP contribution in [0.25, 0.3) is 111 Å². The molecule has 0 fully saturated rings. The molecule has 4 heterocycles. The smallest absolute Gasteiger partial charge is 0.164 e. The maximum atomic E-state index is 6.42. The van der Waals surface area contributed by atoms with Crippen molar-refractivity contribution in [1.82, 2.24) is 15.0 Å². The molecule has 6 nitrogen and oxygen atoms in total. The Hall–Kier alpha value is -7.05. The largest absolute Gasteiger partial charge is 0.456 e. The second kappa shape index (κ2) is 10.7. The molecule has 0 aliphatic rings. The van der Waals surface area contributed by atoms with Crippen LogP contribution in [0.1, 0.15) is 0 Å². The predicted octanol–water partition coefficient (Wildman–Crippen LogP) is 12.2. The highest BCUT2D eigenvalue weighted by Gasteiger charge is 2.19. The summed E-state index contributed by atoms with van der Waals surface area (Å²) in [6, 6.07) is 51.1. The van der Waals surface area contributed by atoms with E-state index in [-0.39, 0.29) is 0 Å². The van der Waals surface area contributed by atoms with Crippen molar-refractivity contribution in [2.45, 2.75) is 0 Å². The van der Waals surface area contributed by atoms with Crippen LogP contribution in [0, 0.1) is 0 Å². The third-order valence-corrected chi connectivity index (χ3v) is 9.75. The Balaban J connectivity index is 1.10. The van der Waals surface area contributed by atoms with Crippen LogP contribution < -0.4 is 0 Å². The molecule has 11 aromatic rings. The minimum Gasteiger partial charge on any atom is -0.456 e. The molecule has 11 rings (SSSR count). The lowest BCUT2D eigenvalue weighted by Crippen LogP contribution is -2.00. The molecule has 0 unspecified atom stereocenters. The molecule has 0 spiro atoms. The first-order valence-electron chi connectivity index (χ1n) is 16.8. The molecular formula is C45H25N3O3. The standard InChI is InChI=1S/C45H25N3O3/c1-2-9-26(10-3-1)43-46-44(29-18-21-33-31-12-5-7-15-37(31)51-41(33)25-29)48-45(47-43)34-13-8-16-39-42(34)35-23-27(19-22-38(35)49-39)28-17-20-32-30-11-4-6-14-36(30)50-40(32)24-28/h1-25H. The fraction of sp³-hybridized carbons (Fsp3) is 0. The number of aromatic nitrogens is 3. The van der Waals surface area contributed by atoms with Crippen molar-refractivity contribution < 1.29 is 13.3 Å². The highest BCUT2D eigenvalue weighted by Crippen LogP contribution is 2.40. The van der Waals surface area contributed by atoms with Gasteiger partial charge in [-0.1, -0.05) is 97.1 Å². The molecule has 7 aromatic carbocycles. The Morgan fingerprint density at radius 1 is 0.294 bits per heavy atom. The number of para-hydroxylation sites is 2. The van der Waals surface area contributed by atoms with E-state index in [0.29, 0.717) is 17.5 Å². The highest BCUT2D eigenvalue weighted by atomic mass is 16.3. The van der Waals surface area contributed by atoms with E-state index in [2.05, 4.69) is 60.7 Å². The lowest BCUT2D eigenvalue weighted by Gasteiger charge is -2.09. The van der Waals surface area contributed by atoms with Gasteiger partial charge in [-0.15, -0.1) is 0 Å². The van der Waals surface area contributed by atoms with Gasteiger partial charge in [0.25, 0.3) is 0 Å². The van der Waals surface area contributed by atoms with Gasteiger partial charge in [0, 0.05) is 49.0 Å². The molecule has 0 bridgehead atoms. The van der Waals surface area contributed by atoms with Gasteiger partial charge >= 0.3 is 0 Å². The van der Waals surface area contributed by atoms with Crippen LogP contribution in [0.15, 0.2) is 165 Å². The second-order valence-corrected chi connectivity index (χ2v) is 12.8. The Kier molecular flexibility index (Phi) is 5.86. The van der Waals surface area contributed by atoms with Gasteiger partial charge in [0.1, 0.15) is 33.5 Å². The van der Waals surface area contributed by atoms with Crippen LogP contribution in [-0.4, -0.2) is 15.0 Å². The van der Waals surface area contributed by atoms with Crippen molar-refractivity contribution in [1.29, 1.82) is 0 Å². The van der Waals surface area contributed by atoms with E-state index >= 15 is 0 Å². The summed E-state index contributed by atoms with van der Waals surface area (Å²) in [7, 11) is 0. The summed E-state index contributed by atoms with van der Waals surface area (Å²) in [4.78, 5) is 15.2. The van der Waals surface area contributed by atoms with Crippen LogP contribution in [-0.2, 0) is 0 Å². The summed E-state index contributed by atoms with van der Waals surface area (Å²) in [5.74, 6) is 1.71. The number of fused-ring (bicyclic) bond motifs is 9. The molecule has 0 saturated carbocycles. The van der Waals surface area contributed by atoms with Gasteiger partial charge in [0.2, 0.25) is 0 Å². The first-order valence-corrected chi connectivity index (χ1v) is 16.8. The van der Waals surface area contributed by atoms with E-state index in [1.165, 1.54) is 0 Å². The molecular weight excluding hydrogens is 631 g/mol. The monoisotopic (exact) mass is 655 g/mol. The van der Waals surface area contributed by atoms with Gasteiger partial charge in [-0.2, -0.15) is 0 Å². The van der Waals surface area contributed by atoms with Gasteiger partial charge in [-0.25, -0.2) is 15.0 Å². The van der Waals surface area contributed by atoms with Crippen molar-refractivity contribution in [3.63, 3.8) is 0 Å². The Labute approximate surface area is 290 Å². The lowest BCUT2D eigenvalue weighted by molar-refractivity contribution is 0.668. The molecule has 238 valence electrons. The molecule has 0 radical (unpaired) electrons. The highest BCUT2D eigenvalue weighted by molar-refractivity contribution is 6.13. The molecule has 0 saturated heterocycles. The summed E-state index contributed by atoms with van der Waals surface area (Å²) in [6.07, 6.45) is 0. The van der Waals surface area contributed by atoms with Crippen molar-refractivity contribution in [2.75, 3.05) is 0 Å². The molecule has 0 atom stereocenters. The van der Waals surface area contributed by atoms with Crippen molar-refractivity contribution in [2.24, 2.45) is 0 Å². The third-order valence-electron chi connectivity index (χ3n) is 9.75. The Morgan fingerprint density at radius 3 is 1.55 bits per heavy atom. The number of furan rings is 3. The first kappa shape index (κ1) is 27.9. The molecule has 0 amide bonds. The summed E-state index contributed by atoms with van der Waals surface area (Å²) in [6.45, 7) is 0. The van der Waals surface area contributed by atoms with Gasteiger partial charge in [-0.3, -0.25) is 0 Å². The average Bonchev–Trinajstić information content (AvgIpc) is 3.88. The number of nitrogens with zero attached hydrogens (tertiary/aromatic N) is 3. The van der Waals surface area contributed by atoms with Crippen LogP contribution in [0.4, 0.5) is 0 Å². The van der Waals surface area contributed by atoms with E-state index in [1.807, 2.05) is 91.0 Å². The van der Waals surface area contributed by atoms with Gasteiger partial charge < -0.3 is 13.3 Å². The van der Waals surface area contributed by atoms with Crippen LogP contribution in [0.5, 0.6) is 0 Å². The Morgan fingerprint density at radius 2 is 0.804 bits per heavy atom. The van der Waals surface area contributed by atoms with E-state index in [4.69, 9.17) is 28.2 Å². The topological polar surface area (TPSA) is 78.1 Å². The van der Waals surface area contributed by atoms with Gasteiger partial charge in [0.15, 0.2) is 17.5 Å². The molecule has 0 N–H and O–H groups in total. The average molecular weight is 656 g/mol. The zero-order valence-corrected chi connectivity index (χ0v) is 27.0. The summed E-state index contributed by atoms with van der Waals surface area (Å²) < 4.78 is 18.9. The fourth-order valence-electron chi connectivity index (χ4n) is 7.30. The van der Waals surface area contributed by atoms with E-state index in [9.17, 15) is 0 Å². The summed E-state index contributed by atoms with van der Waals surface area (Å²) >= 11 is 0. The van der Waals surface area contributed by atoms with E-state index in [1.54, 1.807) is 0 Å². The predicted molar refractivity (Wildman–Crippen MR) is 203 cm³/mol. The molecule has 4 aromatic heterocycles. The maximum Gasteiger partial charge on any atom is 0.164 e. The first-order chi connectivity index (χ1) is 25.2. The second-order valence-electron chi connectivity index (χ2n) is 12.8.